The monoisotopic (exact) mass is 363 g/mol. The lowest BCUT2D eigenvalue weighted by Gasteiger charge is -2.19. The maximum Gasteiger partial charge on any atom is 0.240 e. The van der Waals surface area contributed by atoms with Crippen molar-refractivity contribution in [2.24, 2.45) is 0 Å². The first-order valence-electron chi connectivity index (χ1n) is 8.03. The highest BCUT2D eigenvalue weighted by Crippen LogP contribution is 2.16. The molecular weight excluding hydrogens is 342 g/mol. The molecule has 134 valence electrons. The molecule has 1 aromatic carbocycles. The summed E-state index contributed by atoms with van der Waals surface area (Å²) in [7, 11) is -3.61. The summed E-state index contributed by atoms with van der Waals surface area (Å²) in [4.78, 5) is 4.23. The van der Waals surface area contributed by atoms with Gasteiger partial charge in [0.2, 0.25) is 10.0 Å². The van der Waals surface area contributed by atoms with E-state index in [0.717, 1.165) is 5.56 Å². The van der Waals surface area contributed by atoms with E-state index in [2.05, 4.69) is 15.0 Å². The second kappa shape index (κ2) is 8.03. The van der Waals surface area contributed by atoms with E-state index < -0.39 is 22.2 Å². The Labute approximate surface area is 147 Å². The Bertz CT molecular complexity index is 771. The molecule has 1 aliphatic heterocycles. The van der Waals surface area contributed by atoms with Crippen molar-refractivity contribution in [2.75, 3.05) is 13.2 Å². The molecule has 1 aromatic heterocycles. The van der Waals surface area contributed by atoms with Crippen LogP contribution in [0.15, 0.2) is 59.8 Å². The first-order chi connectivity index (χ1) is 12.1. The minimum Gasteiger partial charge on any atom is -0.389 e. The quantitative estimate of drug-likeness (QED) is 0.653. The highest BCUT2D eigenvalue weighted by molar-refractivity contribution is 7.89. The summed E-state index contributed by atoms with van der Waals surface area (Å²) in [5.41, 5.74) is 1.00. The molecule has 8 heteroatoms. The predicted octanol–water partition coefficient (Wildman–Crippen LogP) is 0.278. The highest BCUT2D eigenvalue weighted by atomic mass is 32.2. The van der Waals surface area contributed by atoms with Crippen LogP contribution in [0.1, 0.15) is 5.56 Å². The van der Waals surface area contributed by atoms with Gasteiger partial charge in [-0.15, -0.1) is 0 Å². The van der Waals surface area contributed by atoms with Crippen molar-refractivity contribution in [3.05, 3.63) is 60.4 Å². The van der Waals surface area contributed by atoms with E-state index in [9.17, 15) is 13.5 Å². The van der Waals surface area contributed by atoms with Crippen LogP contribution in [0.5, 0.6) is 0 Å². The van der Waals surface area contributed by atoms with E-state index in [0.29, 0.717) is 13.2 Å². The smallest absolute Gasteiger partial charge is 0.240 e. The van der Waals surface area contributed by atoms with Crippen molar-refractivity contribution in [3.8, 4) is 0 Å². The lowest BCUT2D eigenvalue weighted by Crippen LogP contribution is -2.44. The number of nitrogens with one attached hydrogen (secondary N) is 2. The Morgan fingerprint density at radius 2 is 2.00 bits per heavy atom. The van der Waals surface area contributed by atoms with Gasteiger partial charge in [0.15, 0.2) is 0 Å². The molecule has 0 saturated carbocycles. The molecule has 3 N–H and O–H groups in total. The largest absolute Gasteiger partial charge is 0.389 e. The van der Waals surface area contributed by atoms with Crippen molar-refractivity contribution in [1.82, 2.24) is 15.0 Å². The number of ether oxygens (including phenoxy) is 1. The van der Waals surface area contributed by atoms with Crippen molar-refractivity contribution in [1.29, 1.82) is 0 Å². The average molecular weight is 363 g/mol. The van der Waals surface area contributed by atoms with Crippen LogP contribution in [0.4, 0.5) is 0 Å². The first-order valence-corrected chi connectivity index (χ1v) is 9.51. The highest BCUT2D eigenvalue weighted by Gasteiger charge is 2.36. The number of nitrogens with zero attached hydrogens (tertiary/aromatic N) is 1. The summed E-state index contributed by atoms with van der Waals surface area (Å²) < 4.78 is 32.5. The van der Waals surface area contributed by atoms with Crippen LogP contribution in [-0.2, 0) is 21.3 Å². The number of pyridine rings is 1. The Morgan fingerprint density at radius 1 is 1.20 bits per heavy atom. The molecule has 7 nitrogen and oxygen atoms in total. The molecule has 1 fully saturated rings. The van der Waals surface area contributed by atoms with Gasteiger partial charge in [-0.2, -0.15) is 0 Å². The van der Waals surface area contributed by atoms with Crippen molar-refractivity contribution < 1.29 is 18.3 Å². The van der Waals surface area contributed by atoms with Crippen LogP contribution in [0.3, 0.4) is 0 Å². The van der Waals surface area contributed by atoms with Crippen molar-refractivity contribution in [2.45, 2.75) is 29.7 Å². The molecule has 0 aliphatic carbocycles. The zero-order chi connectivity index (χ0) is 17.7. The summed E-state index contributed by atoms with van der Waals surface area (Å²) in [5.74, 6) is 0. The lowest BCUT2D eigenvalue weighted by atomic mass is 10.1. The number of hydrogen-bond acceptors (Lipinski definition) is 6. The summed E-state index contributed by atoms with van der Waals surface area (Å²) in [5, 5.41) is 13.6. The summed E-state index contributed by atoms with van der Waals surface area (Å²) >= 11 is 0. The van der Waals surface area contributed by atoms with Gasteiger partial charge in [-0.05, 0) is 23.8 Å². The van der Waals surface area contributed by atoms with Crippen molar-refractivity contribution >= 4 is 10.0 Å². The molecule has 0 amide bonds. The Balaban J connectivity index is 1.51. The fraction of sp³-hybridized carbons (Fsp3) is 0.353. The van der Waals surface area contributed by atoms with E-state index in [-0.39, 0.29) is 17.5 Å². The van der Waals surface area contributed by atoms with Gasteiger partial charge >= 0.3 is 0 Å². The van der Waals surface area contributed by atoms with Crippen LogP contribution in [-0.4, -0.2) is 49.9 Å². The number of sulfonamides is 1. The molecular formula is C17H21N3O4S. The molecule has 2 heterocycles. The molecule has 1 saturated heterocycles. The summed E-state index contributed by atoms with van der Waals surface area (Å²) in [6, 6.07) is 11.6. The first kappa shape index (κ1) is 18.0. The van der Waals surface area contributed by atoms with Gasteiger partial charge in [-0.1, -0.05) is 24.3 Å². The number of aromatic nitrogens is 1. The van der Waals surface area contributed by atoms with E-state index in [1.165, 1.54) is 12.1 Å². The maximum atomic E-state index is 12.2. The fourth-order valence-corrected chi connectivity index (χ4v) is 3.74. The second-order valence-electron chi connectivity index (χ2n) is 5.88. The van der Waals surface area contributed by atoms with Crippen LogP contribution in [0.25, 0.3) is 0 Å². The number of rotatable bonds is 7. The van der Waals surface area contributed by atoms with Gasteiger partial charge in [-0.25, -0.2) is 13.1 Å². The third-order valence-electron chi connectivity index (χ3n) is 4.10. The van der Waals surface area contributed by atoms with Crippen LogP contribution in [0, 0.1) is 0 Å². The van der Waals surface area contributed by atoms with E-state index >= 15 is 0 Å². The molecule has 2 aromatic rings. The minimum absolute atomic E-state index is 0.0173. The molecule has 0 spiro atoms. The number of aliphatic hydroxyl groups excluding tert-OH is 1. The molecule has 3 rings (SSSR count). The maximum absolute atomic E-state index is 12.2. The SMILES string of the molecule is O=S(=O)(NC[C@H]1OC[C@@H](NCc2cccnc2)[C@@H]1O)c1ccccc1. The molecule has 0 bridgehead atoms. The molecule has 3 atom stereocenters. The third-order valence-corrected chi connectivity index (χ3v) is 5.54. The molecule has 1 aliphatic rings. The van der Waals surface area contributed by atoms with Gasteiger partial charge < -0.3 is 15.2 Å². The van der Waals surface area contributed by atoms with E-state index in [1.807, 2.05) is 12.1 Å². The van der Waals surface area contributed by atoms with E-state index in [4.69, 9.17) is 4.74 Å². The molecule has 0 unspecified atom stereocenters. The van der Waals surface area contributed by atoms with Crippen molar-refractivity contribution in [3.63, 3.8) is 0 Å². The topological polar surface area (TPSA) is 101 Å². The Kier molecular flexibility index (Phi) is 5.77. The van der Waals surface area contributed by atoms with Crippen LogP contribution in [0.2, 0.25) is 0 Å². The summed E-state index contributed by atoms with van der Waals surface area (Å²) in [6.45, 7) is 0.893. The van der Waals surface area contributed by atoms with Gasteiger partial charge in [0, 0.05) is 25.5 Å². The Hall–Kier alpha value is -1.84. The van der Waals surface area contributed by atoms with Gasteiger partial charge in [0.05, 0.1) is 29.8 Å². The van der Waals surface area contributed by atoms with Crippen LogP contribution < -0.4 is 10.0 Å². The predicted molar refractivity (Wildman–Crippen MR) is 92.2 cm³/mol. The lowest BCUT2D eigenvalue weighted by molar-refractivity contribution is 0.0443. The normalized spacial score (nSPS) is 23.6. The van der Waals surface area contributed by atoms with Gasteiger partial charge in [0.25, 0.3) is 0 Å². The number of aliphatic hydroxyl groups is 1. The van der Waals surface area contributed by atoms with Crippen LogP contribution >= 0.6 is 0 Å². The van der Waals surface area contributed by atoms with Gasteiger partial charge in [0.1, 0.15) is 0 Å². The average Bonchev–Trinajstić information content (AvgIpc) is 3.00. The second-order valence-corrected chi connectivity index (χ2v) is 7.64. The van der Waals surface area contributed by atoms with Gasteiger partial charge in [-0.3, -0.25) is 4.98 Å². The number of benzene rings is 1. The Morgan fingerprint density at radius 3 is 2.72 bits per heavy atom. The summed E-state index contributed by atoms with van der Waals surface area (Å²) in [6.07, 6.45) is 2.06. The number of hydrogen-bond donors (Lipinski definition) is 3. The van der Waals surface area contributed by atoms with E-state index in [1.54, 1.807) is 30.6 Å². The zero-order valence-electron chi connectivity index (χ0n) is 13.6. The zero-order valence-corrected chi connectivity index (χ0v) is 14.4. The fourth-order valence-electron chi connectivity index (χ4n) is 2.67. The third kappa shape index (κ3) is 4.62. The molecule has 25 heavy (non-hydrogen) atoms. The molecule has 0 radical (unpaired) electrons. The standard InChI is InChI=1S/C17H21N3O4S/c21-17-15(19-10-13-5-4-8-18-9-13)12-24-16(17)11-20-25(22,23)14-6-2-1-3-7-14/h1-9,15-17,19-21H,10-12H2/t15-,16-,17+/m1/s1. The minimum atomic E-state index is -3.61.